The molecule has 1 aromatic heterocycles. The number of aromatic nitrogens is 1. The van der Waals surface area contributed by atoms with Crippen molar-refractivity contribution in [1.29, 1.82) is 0 Å². The van der Waals surface area contributed by atoms with Crippen molar-refractivity contribution in [3.63, 3.8) is 0 Å². The molecule has 5 aromatic carbocycles. The number of carboxylic acids is 1. The Labute approximate surface area is 306 Å². The van der Waals surface area contributed by atoms with Crippen molar-refractivity contribution in [3.05, 3.63) is 171 Å². The van der Waals surface area contributed by atoms with Crippen molar-refractivity contribution in [2.75, 3.05) is 13.2 Å². The highest BCUT2D eigenvalue weighted by molar-refractivity contribution is 7.91. The number of halogens is 3. The van der Waals surface area contributed by atoms with E-state index in [1.807, 2.05) is 54.6 Å². The normalized spacial score (nSPS) is 12.3. The second-order valence-corrected chi connectivity index (χ2v) is 15.0. The summed E-state index contributed by atoms with van der Waals surface area (Å²) in [6.07, 6.45) is 0.775. The first-order chi connectivity index (χ1) is 24.1. The van der Waals surface area contributed by atoms with Gasteiger partial charge < -0.3 is 14.4 Å². The fourth-order valence-electron chi connectivity index (χ4n) is 6.19. The molecule has 1 heterocycles. The molecule has 2 N–H and O–H groups in total. The van der Waals surface area contributed by atoms with Crippen LogP contribution in [0, 0.1) is 0 Å². The van der Waals surface area contributed by atoms with Crippen LogP contribution < -0.4 is 9.46 Å². The van der Waals surface area contributed by atoms with Crippen molar-refractivity contribution in [2.45, 2.75) is 23.6 Å². The number of carbonyl (C=O) groups is 1. The minimum absolute atomic E-state index is 0.0564. The highest BCUT2D eigenvalue weighted by Gasteiger charge is 2.29. The maximum Gasteiger partial charge on any atom is 0.335 e. The number of alkyl halides is 1. The standard InChI is InChI=1S/C39H33Cl3N2O5S/c40-29-17-20-35-33(25-29)31(22-24-49-30-18-15-28(16-19-30)39(45)46)36(21-23-43-50(47,48)38(42)32-13-7-8-14-34(32)41)44(35)37(26-9-3-1-4-10-26)27-11-5-2-6-12-27/h1-20,25,37-38,43H,21-24H2,(H,45,46). The van der Waals surface area contributed by atoms with Crippen molar-refractivity contribution in [2.24, 2.45) is 0 Å². The Morgan fingerprint density at radius 1 is 0.800 bits per heavy atom. The van der Waals surface area contributed by atoms with Crippen molar-refractivity contribution < 1.29 is 23.1 Å². The van der Waals surface area contributed by atoms with Gasteiger partial charge in [-0.15, -0.1) is 0 Å². The fourth-order valence-corrected chi connectivity index (χ4v) is 8.18. The second kappa shape index (κ2) is 15.7. The Hall–Kier alpha value is -4.31. The molecule has 0 saturated carbocycles. The van der Waals surface area contributed by atoms with E-state index in [1.54, 1.807) is 36.4 Å². The van der Waals surface area contributed by atoms with Gasteiger partial charge in [-0.05, 0) is 65.2 Å². The van der Waals surface area contributed by atoms with Crippen LogP contribution in [0.5, 0.6) is 5.75 Å². The molecule has 1 atom stereocenters. The Balaban J connectivity index is 1.42. The predicted molar refractivity (Wildman–Crippen MR) is 200 cm³/mol. The number of hydrogen-bond donors (Lipinski definition) is 2. The highest BCUT2D eigenvalue weighted by Crippen LogP contribution is 2.38. The first kappa shape index (κ1) is 35.5. The van der Waals surface area contributed by atoms with Crippen LogP contribution in [0.4, 0.5) is 0 Å². The number of nitrogens with one attached hydrogen (secondary N) is 1. The maximum atomic E-state index is 13.4. The van der Waals surface area contributed by atoms with Gasteiger partial charge in [0.05, 0.1) is 18.2 Å². The summed E-state index contributed by atoms with van der Waals surface area (Å²) in [6.45, 7) is 0.329. The molecule has 6 aromatic rings. The molecule has 11 heteroatoms. The van der Waals surface area contributed by atoms with Crippen LogP contribution in [0.1, 0.15) is 49.1 Å². The summed E-state index contributed by atoms with van der Waals surface area (Å²) < 4.78 is 36.6. The summed E-state index contributed by atoms with van der Waals surface area (Å²) >= 11 is 19.4. The van der Waals surface area contributed by atoms with Gasteiger partial charge in [-0.1, -0.05) is 114 Å². The van der Waals surface area contributed by atoms with E-state index in [-0.39, 0.29) is 29.8 Å². The molecular formula is C39H33Cl3N2O5S. The fraction of sp³-hybridized carbons (Fsp3) is 0.154. The molecule has 6 rings (SSSR count). The van der Waals surface area contributed by atoms with E-state index in [0.29, 0.717) is 29.2 Å². The number of ether oxygens (including phenoxy) is 1. The monoisotopic (exact) mass is 746 g/mol. The van der Waals surface area contributed by atoms with Crippen LogP contribution in [-0.4, -0.2) is 37.2 Å². The van der Waals surface area contributed by atoms with E-state index in [0.717, 1.165) is 33.3 Å². The number of benzene rings is 5. The van der Waals surface area contributed by atoms with E-state index in [2.05, 4.69) is 33.6 Å². The Bertz CT molecular complexity index is 2170. The summed E-state index contributed by atoms with van der Waals surface area (Å²) in [7, 11) is -4.02. The summed E-state index contributed by atoms with van der Waals surface area (Å²) in [5.74, 6) is -0.481. The number of hydrogen-bond acceptors (Lipinski definition) is 4. The Kier molecular flexibility index (Phi) is 11.2. The van der Waals surface area contributed by atoms with Gasteiger partial charge in [0.15, 0.2) is 4.71 Å². The summed E-state index contributed by atoms with van der Waals surface area (Å²) in [5.41, 5.74) is 5.35. The maximum absolute atomic E-state index is 13.4. The topological polar surface area (TPSA) is 97.6 Å². The van der Waals surface area contributed by atoms with Gasteiger partial charge in [0, 0.05) is 51.6 Å². The number of rotatable bonds is 14. The molecule has 50 heavy (non-hydrogen) atoms. The van der Waals surface area contributed by atoms with Crippen molar-refractivity contribution in [1.82, 2.24) is 9.29 Å². The smallest absolute Gasteiger partial charge is 0.335 e. The molecule has 256 valence electrons. The van der Waals surface area contributed by atoms with Crippen LogP contribution in [-0.2, 0) is 22.9 Å². The van der Waals surface area contributed by atoms with Gasteiger partial charge in [0.25, 0.3) is 0 Å². The Morgan fingerprint density at radius 2 is 1.42 bits per heavy atom. The average molecular weight is 748 g/mol. The summed E-state index contributed by atoms with van der Waals surface area (Å²) in [4.78, 5) is 11.3. The zero-order chi connectivity index (χ0) is 35.3. The molecule has 0 fully saturated rings. The predicted octanol–water partition coefficient (Wildman–Crippen LogP) is 9.30. The van der Waals surface area contributed by atoms with E-state index < -0.39 is 20.7 Å². The average Bonchev–Trinajstić information content (AvgIpc) is 3.40. The summed E-state index contributed by atoms with van der Waals surface area (Å²) in [5, 5.41) is 11.0. The minimum atomic E-state index is -4.02. The molecule has 0 radical (unpaired) electrons. The van der Waals surface area contributed by atoms with E-state index in [1.165, 1.54) is 12.1 Å². The molecule has 0 bridgehead atoms. The number of carboxylic acid groups (broad SMARTS) is 1. The number of nitrogens with zero attached hydrogens (tertiary/aromatic N) is 1. The van der Waals surface area contributed by atoms with Crippen molar-refractivity contribution >= 4 is 61.7 Å². The molecule has 1 unspecified atom stereocenters. The minimum Gasteiger partial charge on any atom is -0.493 e. The number of fused-ring (bicyclic) bond motifs is 1. The molecule has 0 aliphatic rings. The molecule has 0 aliphatic heterocycles. The van der Waals surface area contributed by atoms with Crippen LogP contribution >= 0.6 is 34.8 Å². The quantitative estimate of drug-likeness (QED) is 0.108. The van der Waals surface area contributed by atoms with Gasteiger partial charge >= 0.3 is 5.97 Å². The lowest BCUT2D eigenvalue weighted by Gasteiger charge is -2.25. The summed E-state index contributed by atoms with van der Waals surface area (Å²) in [6, 6.07) is 38.7. The van der Waals surface area contributed by atoms with Crippen molar-refractivity contribution in [3.8, 4) is 5.75 Å². The van der Waals surface area contributed by atoms with Gasteiger partial charge in [0.1, 0.15) is 5.75 Å². The third kappa shape index (κ3) is 7.85. The lowest BCUT2D eigenvalue weighted by atomic mass is 9.97. The van der Waals surface area contributed by atoms with Gasteiger partial charge in [-0.25, -0.2) is 17.9 Å². The first-order valence-electron chi connectivity index (χ1n) is 15.9. The molecule has 0 spiro atoms. The molecular weight excluding hydrogens is 715 g/mol. The second-order valence-electron chi connectivity index (χ2n) is 11.6. The zero-order valence-corrected chi connectivity index (χ0v) is 29.8. The SMILES string of the molecule is O=C(O)c1ccc(OCCc2c(CCNS(=O)(=O)C(Cl)c3ccccc3Cl)n(C(c3ccccc3)c3ccccc3)c3ccc(Cl)cc23)cc1. The largest absolute Gasteiger partial charge is 0.493 e. The van der Waals surface area contributed by atoms with E-state index in [9.17, 15) is 18.3 Å². The van der Waals surface area contributed by atoms with Crippen LogP contribution in [0.15, 0.2) is 127 Å². The molecule has 7 nitrogen and oxygen atoms in total. The third-order valence-electron chi connectivity index (χ3n) is 8.48. The van der Waals surface area contributed by atoms with Gasteiger partial charge in [0.2, 0.25) is 10.0 Å². The van der Waals surface area contributed by atoms with Crippen LogP contribution in [0.3, 0.4) is 0 Å². The number of aromatic carboxylic acids is 1. The Morgan fingerprint density at radius 3 is 2.04 bits per heavy atom. The first-order valence-corrected chi connectivity index (χ1v) is 18.6. The van der Waals surface area contributed by atoms with E-state index in [4.69, 9.17) is 39.5 Å². The lowest BCUT2D eigenvalue weighted by molar-refractivity contribution is 0.0697. The van der Waals surface area contributed by atoms with Crippen LogP contribution in [0.2, 0.25) is 10.0 Å². The number of sulfonamides is 1. The van der Waals surface area contributed by atoms with Gasteiger partial charge in [-0.3, -0.25) is 0 Å². The lowest BCUT2D eigenvalue weighted by Crippen LogP contribution is -2.30. The molecule has 0 saturated heterocycles. The van der Waals surface area contributed by atoms with Gasteiger partial charge in [-0.2, -0.15) is 0 Å². The van der Waals surface area contributed by atoms with Crippen LogP contribution in [0.25, 0.3) is 10.9 Å². The molecule has 0 aliphatic carbocycles. The third-order valence-corrected chi connectivity index (χ3v) is 11.4. The molecule has 0 amide bonds. The van der Waals surface area contributed by atoms with E-state index >= 15 is 0 Å². The zero-order valence-electron chi connectivity index (χ0n) is 26.7. The highest BCUT2D eigenvalue weighted by atomic mass is 35.5.